The molecule has 0 aliphatic rings. The second-order valence-electron chi connectivity index (χ2n) is 5.16. The fourth-order valence-corrected chi connectivity index (χ4v) is 2.55. The zero-order valence-corrected chi connectivity index (χ0v) is 11.4. The Morgan fingerprint density at radius 1 is 1.05 bits per heavy atom. The minimum Gasteiger partial charge on any atom is -0.330 e. The maximum atomic E-state index is 13.5. The van der Waals surface area contributed by atoms with Crippen LogP contribution in [0.25, 0.3) is 0 Å². The smallest absolute Gasteiger partial charge is 0.123 e. The van der Waals surface area contributed by atoms with E-state index in [4.69, 9.17) is 5.73 Å². The Balaban J connectivity index is 2.47. The highest BCUT2D eigenvalue weighted by atomic mass is 19.1. The summed E-state index contributed by atoms with van der Waals surface area (Å²) in [6, 6.07) is 15.2. The Morgan fingerprint density at radius 2 is 1.68 bits per heavy atom. The van der Waals surface area contributed by atoms with Crippen LogP contribution in [0.5, 0.6) is 0 Å². The van der Waals surface area contributed by atoms with Crippen LogP contribution in [0.1, 0.15) is 29.5 Å². The molecular formula is C17H20FN. The van der Waals surface area contributed by atoms with Crippen LogP contribution in [-0.2, 0) is 0 Å². The normalized spacial score (nSPS) is 14.1. The molecule has 2 atom stereocenters. The van der Waals surface area contributed by atoms with E-state index in [0.717, 1.165) is 5.56 Å². The number of hydrogen-bond donors (Lipinski definition) is 1. The summed E-state index contributed by atoms with van der Waals surface area (Å²) in [6.07, 6.45) is 0. The molecule has 2 rings (SSSR count). The van der Waals surface area contributed by atoms with Gasteiger partial charge in [-0.05, 0) is 42.6 Å². The van der Waals surface area contributed by atoms with Crippen molar-refractivity contribution >= 4 is 0 Å². The molecule has 0 aromatic heterocycles. The van der Waals surface area contributed by atoms with Crippen LogP contribution in [0, 0.1) is 18.7 Å². The average Bonchev–Trinajstić information content (AvgIpc) is 2.39. The van der Waals surface area contributed by atoms with Crippen molar-refractivity contribution in [1.82, 2.24) is 0 Å². The van der Waals surface area contributed by atoms with E-state index in [9.17, 15) is 4.39 Å². The van der Waals surface area contributed by atoms with Gasteiger partial charge in [-0.1, -0.05) is 48.9 Å². The van der Waals surface area contributed by atoms with Gasteiger partial charge in [-0.25, -0.2) is 4.39 Å². The first-order valence-electron chi connectivity index (χ1n) is 6.64. The van der Waals surface area contributed by atoms with Crippen LogP contribution < -0.4 is 5.73 Å². The third kappa shape index (κ3) is 3.21. The molecule has 2 heteroatoms. The van der Waals surface area contributed by atoms with Crippen molar-refractivity contribution < 1.29 is 4.39 Å². The van der Waals surface area contributed by atoms with Gasteiger partial charge in [0.25, 0.3) is 0 Å². The molecule has 0 aliphatic carbocycles. The van der Waals surface area contributed by atoms with Gasteiger partial charge in [-0.15, -0.1) is 0 Å². The van der Waals surface area contributed by atoms with Gasteiger partial charge >= 0.3 is 0 Å². The molecule has 19 heavy (non-hydrogen) atoms. The topological polar surface area (TPSA) is 26.0 Å². The van der Waals surface area contributed by atoms with Crippen LogP contribution in [0.15, 0.2) is 48.5 Å². The molecule has 2 aromatic carbocycles. The molecule has 0 fully saturated rings. The first kappa shape index (κ1) is 13.8. The highest BCUT2D eigenvalue weighted by molar-refractivity contribution is 5.35. The third-order valence-corrected chi connectivity index (χ3v) is 3.55. The van der Waals surface area contributed by atoms with Gasteiger partial charge in [0.05, 0.1) is 0 Å². The van der Waals surface area contributed by atoms with E-state index in [-0.39, 0.29) is 17.7 Å². The molecule has 0 saturated heterocycles. The van der Waals surface area contributed by atoms with Crippen LogP contribution in [0.4, 0.5) is 4.39 Å². The zero-order chi connectivity index (χ0) is 13.8. The molecule has 0 bridgehead atoms. The Hall–Kier alpha value is -1.67. The lowest BCUT2D eigenvalue weighted by Crippen LogP contribution is -2.20. The Bertz CT molecular complexity index is 505. The summed E-state index contributed by atoms with van der Waals surface area (Å²) >= 11 is 0. The Kier molecular flexibility index (Phi) is 4.33. The minimum absolute atomic E-state index is 0.139. The Labute approximate surface area is 114 Å². The van der Waals surface area contributed by atoms with Gasteiger partial charge < -0.3 is 5.73 Å². The highest BCUT2D eigenvalue weighted by Crippen LogP contribution is 2.32. The SMILES string of the molecule is Cc1cccc(C(c2cccc(F)c2)C(C)CN)c1. The standard InChI is InChI=1S/C17H20FN/c1-12-5-3-6-14(9-12)17(13(2)11-19)15-7-4-8-16(18)10-15/h3-10,13,17H,11,19H2,1-2H3. The van der Waals surface area contributed by atoms with Crippen molar-refractivity contribution in [2.45, 2.75) is 19.8 Å². The molecule has 0 spiro atoms. The first-order chi connectivity index (χ1) is 9.11. The summed E-state index contributed by atoms with van der Waals surface area (Å²) in [6.45, 7) is 4.76. The number of hydrogen-bond acceptors (Lipinski definition) is 1. The van der Waals surface area contributed by atoms with E-state index in [1.165, 1.54) is 17.2 Å². The predicted octanol–water partition coefficient (Wildman–Crippen LogP) is 3.86. The zero-order valence-electron chi connectivity index (χ0n) is 11.4. The summed E-state index contributed by atoms with van der Waals surface area (Å²) in [5.74, 6) is 0.212. The molecule has 2 aromatic rings. The number of halogens is 1. The number of benzene rings is 2. The number of rotatable bonds is 4. The van der Waals surface area contributed by atoms with Gasteiger partial charge in [-0.2, -0.15) is 0 Å². The molecule has 1 nitrogen and oxygen atoms in total. The van der Waals surface area contributed by atoms with Gasteiger partial charge in [0.1, 0.15) is 5.82 Å². The van der Waals surface area contributed by atoms with E-state index in [1.807, 2.05) is 12.1 Å². The fraction of sp³-hybridized carbons (Fsp3) is 0.294. The molecule has 0 radical (unpaired) electrons. The summed E-state index contributed by atoms with van der Waals surface area (Å²) in [5, 5.41) is 0. The van der Waals surface area contributed by atoms with Gasteiger partial charge in [0, 0.05) is 5.92 Å². The Morgan fingerprint density at radius 3 is 2.26 bits per heavy atom. The molecular weight excluding hydrogens is 237 g/mol. The molecule has 2 N–H and O–H groups in total. The maximum absolute atomic E-state index is 13.5. The van der Waals surface area contributed by atoms with Crippen molar-refractivity contribution in [2.75, 3.05) is 6.54 Å². The minimum atomic E-state index is -0.195. The lowest BCUT2D eigenvalue weighted by Gasteiger charge is -2.24. The molecule has 100 valence electrons. The van der Waals surface area contributed by atoms with Gasteiger partial charge in [0.15, 0.2) is 0 Å². The summed E-state index contributed by atoms with van der Waals surface area (Å²) in [5.41, 5.74) is 9.23. The number of aryl methyl sites for hydroxylation is 1. The van der Waals surface area contributed by atoms with Crippen molar-refractivity contribution in [1.29, 1.82) is 0 Å². The predicted molar refractivity (Wildman–Crippen MR) is 77.6 cm³/mol. The molecule has 0 heterocycles. The molecule has 0 aliphatic heterocycles. The molecule has 0 saturated carbocycles. The highest BCUT2D eigenvalue weighted by Gasteiger charge is 2.20. The van der Waals surface area contributed by atoms with Crippen LogP contribution in [0.3, 0.4) is 0 Å². The maximum Gasteiger partial charge on any atom is 0.123 e. The summed E-state index contributed by atoms with van der Waals surface area (Å²) in [4.78, 5) is 0. The number of nitrogens with two attached hydrogens (primary N) is 1. The monoisotopic (exact) mass is 257 g/mol. The second kappa shape index (κ2) is 5.98. The second-order valence-corrected chi connectivity index (χ2v) is 5.16. The van der Waals surface area contributed by atoms with E-state index < -0.39 is 0 Å². The van der Waals surface area contributed by atoms with E-state index in [2.05, 4.69) is 32.0 Å². The summed E-state index contributed by atoms with van der Waals surface area (Å²) < 4.78 is 13.5. The van der Waals surface area contributed by atoms with Crippen LogP contribution >= 0.6 is 0 Å². The quantitative estimate of drug-likeness (QED) is 0.884. The van der Waals surface area contributed by atoms with E-state index in [1.54, 1.807) is 12.1 Å². The lowest BCUT2D eigenvalue weighted by atomic mass is 9.81. The van der Waals surface area contributed by atoms with Crippen LogP contribution in [0.2, 0.25) is 0 Å². The third-order valence-electron chi connectivity index (χ3n) is 3.55. The fourth-order valence-electron chi connectivity index (χ4n) is 2.55. The van der Waals surface area contributed by atoms with Crippen molar-refractivity contribution in [3.63, 3.8) is 0 Å². The van der Waals surface area contributed by atoms with E-state index >= 15 is 0 Å². The average molecular weight is 257 g/mol. The van der Waals surface area contributed by atoms with Crippen LogP contribution in [-0.4, -0.2) is 6.54 Å². The van der Waals surface area contributed by atoms with Gasteiger partial charge in [-0.3, -0.25) is 0 Å². The molecule has 2 unspecified atom stereocenters. The van der Waals surface area contributed by atoms with Crippen molar-refractivity contribution in [3.05, 3.63) is 71.0 Å². The van der Waals surface area contributed by atoms with Crippen molar-refractivity contribution in [3.8, 4) is 0 Å². The van der Waals surface area contributed by atoms with Crippen molar-refractivity contribution in [2.24, 2.45) is 11.7 Å². The molecule has 0 amide bonds. The lowest BCUT2D eigenvalue weighted by molar-refractivity contribution is 0.520. The summed E-state index contributed by atoms with van der Waals surface area (Å²) in [7, 11) is 0. The van der Waals surface area contributed by atoms with E-state index in [0.29, 0.717) is 6.54 Å². The largest absolute Gasteiger partial charge is 0.330 e. The van der Waals surface area contributed by atoms with Gasteiger partial charge in [0.2, 0.25) is 0 Å². The first-order valence-corrected chi connectivity index (χ1v) is 6.64.